The van der Waals surface area contributed by atoms with Gasteiger partial charge in [0.15, 0.2) is 0 Å². The first-order chi connectivity index (χ1) is 9.67. The molecule has 1 aliphatic rings. The summed E-state index contributed by atoms with van der Waals surface area (Å²) in [6, 6.07) is 3.52. The Hall–Kier alpha value is -1.66. The van der Waals surface area contributed by atoms with E-state index in [0.29, 0.717) is 18.0 Å². The minimum absolute atomic E-state index is 0.0240. The summed E-state index contributed by atoms with van der Waals surface area (Å²) >= 11 is 0. The molecule has 1 fully saturated rings. The molecule has 0 aromatic carbocycles. The Balaban J connectivity index is 1.72. The number of piperazine rings is 1. The molecule has 0 saturated carbocycles. The highest BCUT2D eigenvalue weighted by atomic mass is 16.5. The molecule has 6 heteroatoms. The number of nitrogens with one attached hydrogen (secondary N) is 1. The van der Waals surface area contributed by atoms with Gasteiger partial charge < -0.3 is 19.9 Å². The minimum Gasteiger partial charge on any atom is -0.481 e. The Morgan fingerprint density at radius 2 is 2.10 bits per heavy atom. The third-order valence-corrected chi connectivity index (χ3v) is 3.48. The summed E-state index contributed by atoms with van der Waals surface area (Å²) in [5.74, 6) is 0.566. The van der Waals surface area contributed by atoms with Crippen LogP contribution in [0.5, 0.6) is 5.88 Å². The van der Waals surface area contributed by atoms with Crippen LogP contribution in [0.2, 0.25) is 0 Å². The van der Waals surface area contributed by atoms with Gasteiger partial charge in [0.1, 0.15) is 0 Å². The summed E-state index contributed by atoms with van der Waals surface area (Å²) in [4.78, 5) is 20.6. The molecule has 1 aromatic heterocycles. The zero-order valence-electron chi connectivity index (χ0n) is 12.1. The number of hydrogen-bond donors (Lipinski definition) is 1. The second-order valence-corrected chi connectivity index (χ2v) is 5.03. The van der Waals surface area contributed by atoms with Crippen LogP contribution in [0, 0.1) is 0 Å². The summed E-state index contributed by atoms with van der Waals surface area (Å²) in [5, 5.41) is 2.85. The maximum Gasteiger partial charge on any atom is 0.225 e. The maximum atomic E-state index is 11.9. The normalized spacial score (nSPS) is 16.9. The van der Waals surface area contributed by atoms with Crippen molar-refractivity contribution in [2.45, 2.75) is 6.42 Å². The molecule has 0 spiro atoms. The number of nitrogens with zero attached hydrogens (tertiary/aromatic N) is 3. The minimum atomic E-state index is 0.0240. The molecule has 0 aliphatic carbocycles. The summed E-state index contributed by atoms with van der Waals surface area (Å²) in [7, 11) is 3.69. The molecule has 1 aliphatic heterocycles. The van der Waals surface area contributed by atoms with Crippen LogP contribution < -0.4 is 10.1 Å². The van der Waals surface area contributed by atoms with Crippen LogP contribution in [0.3, 0.4) is 0 Å². The fourth-order valence-corrected chi connectivity index (χ4v) is 2.13. The van der Waals surface area contributed by atoms with E-state index in [1.54, 1.807) is 25.4 Å². The maximum absolute atomic E-state index is 11.9. The van der Waals surface area contributed by atoms with Crippen LogP contribution in [0.1, 0.15) is 6.42 Å². The van der Waals surface area contributed by atoms with E-state index >= 15 is 0 Å². The van der Waals surface area contributed by atoms with E-state index in [0.717, 1.165) is 32.7 Å². The largest absolute Gasteiger partial charge is 0.481 e. The molecule has 0 bridgehead atoms. The molecule has 1 amide bonds. The van der Waals surface area contributed by atoms with Gasteiger partial charge in [-0.3, -0.25) is 4.79 Å². The highest BCUT2D eigenvalue weighted by Gasteiger charge is 2.14. The van der Waals surface area contributed by atoms with Gasteiger partial charge in [-0.05, 0) is 13.1 Å². The van der Waals surface area contributed by atoms with Gasteiger partial charge in [-0.1, -0.05) is 0 Å². The first kappa shape index (κ1) is 14.7. The highest BCUT2D eigenvalue weighted by Crippen LogP contribution is 2.11. The number of hydrogen-bond acceptors (Lipinski definition) is 5. The number of carbonyl (C=O) groups excluding carboxylic acids is 1. The van der Waals surface area contributed by atoms with Gasteiger partial charge in [-0.25, -0.2) is 4.98 Å². The quantitative estimate of drug-likeness (QED) is 0.858. The molecule has 6 nitrogen and oxygen atoms in total. The SMILES string of the molecule is COc1ccc(NC(=O)CCN2CCN(C)CC2)cn1. The topological polar surface area (TPSA) is 57.7 Å². The Kier molecular flexibility index (Phi) is 5.31. The average Bonchev–Trinajstić information content (AvgIpc) is 2.47. The molecule has 0 radical (unpaired) electrons. The lowest BCUT2D eigenvalue weighted by Crippen LogP contribution is -2.45. The first-order valence-corrected chi connectivity index (χ1v) is 6.88. The molecule has 1 N–H and O–H groups in total. The van der Waals surface area contributed by atoms with E-state index in [1.807, 2.05) is 0 Å². The number of likely N-dealkylation sites (N-methyl/N-ethyl adjacent to an activating group) is 1. The van der Waals surface area contributed by atoms with Gasteiger partial charge in [0.05, 0.1) is 19.0 Å². The second-order valence-electron chi connectivity index (χ2n) is 5.03. The Morgan fingerprint density at radius 3 is 2.70 bits per heavy atom. The van der Waals surface area contributed by atoms with Gasteiger partial charge in [0.25, 0.3) is 0 Å². The number of anilines is 1. The lowest BCUT2D eigenvalue weighted by Gasteiger charge is -2.32. The number of ether oxygens (including phenoxy) is 1. The number of pyridine rings is 1. The Labute approximate surface area is 119 Å². The van der Waals surface area contributed by atoms with Crippen molar-refractivity contribution in [2.75, 3.05) is 52.2 Å². The van der Waals surface area contributed by atoms with Crippen molar-refractivity contribution < 1.29 is 9.53 Å². The highest BCUT2D eigenvalue weighted by molar-refractivity contribution is 5.90. The lowest BCUT2D eigenvalue weighted by molar-refractivity contribution is -0.116. The smallest absolute Gasteiger partial charge is 0.225 e. The third kappa shape index (κ3) is 4.47. The van der Waals surface area contributed by atoms with E-state index in [1.165, 1.54) is 0 Å². The monoisotopic (exact) mass is 278 g/mol. The summed E-state index contributed by atoms with van der Waals surface area (Å²) in [5.41, 5.74) is 0.703. The van der Waals surface area contributed by atoms with E-state index in [-0.39, 0.29) is 5.91 Å². The first-order valence-electron chi connectivity index (χ1n) is 6.88. The molecule has 2 rings (SSSR count). The Bertz CT molecular complexity index is 427. The van der Waals surface area contributed by atoms with Gasteiger partial charge in [0.2, 0.25) is 11.8 Å². The molecular formula is C14H22N4O2. The van der Waals surface area contributed by atoms with Gasteiger partial charge in [-0.15, -0.1) is 0 Å². The third-order valence-electron chi connectivity index (χ3n) is 3.48. The lowest BCUT2D eigenvalue weighted by atomic mass is 10.3. The number of carbonyl (C=O) groups is 1. The van der Waals surface area contributed by atoms with Gasteiger partial charge >= 0.3 is 0 Å². The molecule has 110 valence electrons. The van der Waals surface area contributed by atoms with Crippen LogP contribution >= 0.6 is 0 Å². The van der Waals surface area contributed by atoms with Crippen molar-refractivity contribution in [3.63, 3.8) is 0 Å². The van der Waals surface area contributed by atoms with Crippen molar-refractivity contribution in [1.29, 1.82) is 0 Å². The predicted octanol–water partition coefficient (Wildman–Crippen LogP) is 0.666. The van der Waals surface area contributed by atoms with Crippen molar-refractivity contribution in [1.82, 2.24) is 14.8 Å². The Morgan fingerprint density at radius 1 is 1.35 bits per heavy atom. The number of aromatic nitrogens is 1. The average molecular weight is 278 g/mol. The molecule has 0 atom stereocenters. The molecule has 2 heterocycles. The van der Waals surface area contributed by atoms with Gasteiger partial charge in [0, 0.05) is 45.2 Å². The zero-order valence-corrected chi connectivity index (χ0v) is 12.1. The van der Waals surface area contributed by atoms with E-state index < -0.39 is 0 Å². The van der Waals surface area contributed by atoms with Gasteiger partial charge in [-0.2, -0.15) is 0 Å². The van der Waals surface area contributed by atoms with E-state index in [9.17, 15) is 4.79 Å². The predicted molar refractivity (Wildman–Crippen MR) is 78.0 cm³/mol. The number of rotatable bonds is 5. The van der Waals surface area contributed by atoms with Crippen LogP contribution in [-0.2, 0) is 4.79 Å². The van der Waals surface area contributed by atoms with Crippen LogP contribution in [0.4, 0.5) is 5.69 Å². The molecular weight excluding hydrogens is 256 g/mol. The number of amides is 1. The van der Waals surface area contributed by atoms with E-state index in [2.05, 4.69) is 27.1 Å². The molecule has 20 heavy (non-hydrogen) atoms. The van der Waals surface area contributed by atoms with Crippen molar-refractivity contribution in [2.24, 2.45) is 0 Å². The van der Waals surface area contributed by atoms with Crippen LogP contribution in [0.25, 0.3) is 0 Å². The van der Waals surface area contributed by atoms with Crippen LogP contribution in [-0.4, -0.2) is 67.6 Å². The summed E-state index contributed by atoms with van der Waals surface area (Å²) < 4.78 is 4.98. The second kappa shape index (κ2) is 7.21. The fraction of sp³-hybridized carbons (Fsp3) is 0.571. The van der Waals surface area contributed by atoms with Crippen molar-refractivity contribution >= 4 is 11.6 Å². The number of methoxy groups -OCH3 is 1. The van der Waals surface area contributed by atoms with Crippen molar-refractivity contribution in [3.8, 4) is 5.88 Å². The summed E-state index contributed by atoms with van der Waals surface area (Å²) in [6.07, 6.45) is 2.11. The van der Waals surface area contributed by atoms with Crippen LogP contribution in [0.15, 0.2) is 18.3 Å². The molecule has 1 aromatic rings. The van der Waals surface area contributed by atoms with E-state index in [4.69, 9.17) is 4.74 Å². The molecule has 0 unspecified atom stereocenters. The fourth-order valence-electron chi connectivity index (χ4n) is 2.13. The summed E-state index contributed by atoms with van der Waals surface area (Å²) in [6.45, 7) is 5.03. The molecule has 1 saturated heterocycles. The van der Waals surface area contributed by atoms with Crippen molar-refractivity contribution in [3.05, 3.63) is 18.3 Å². The standard InChI is InChI=1S/C14H22N4O2/c1-17-7-9-18(10-8-17)6-5-13(19)16-12-3-4-14(20-2)15-11-12/h3-4,11H,5-10H2,1-2H3,(H,16,19). The zero-order chi connectivity index (χ0) is 14.4.